The molecule has 1 saturated heterocycles. The van der Waals surface area contributed by atoms with Gasteiger partial charge in [-0.25, -0.2) is 15.0 Å². The Kier molecular flexibility index (Phi) is 4.83. The summed E-state index contributed by atoms with van der Waals surface area (Å²) in [4.78, 5) is 15.6. The van der Waals surface area contributed by atoms with E-state index in [1.165, 1.54) is 5.56 Å². The fourth-order valence-electron chi connectivity index (χ4n) is 2.99. The minimum Gasteiger partial charge on any atom is -0.489 e. The molecule has 0 unspecified atom stereocenters. The topological polar surface area (TPSA) is 60.4 Å². The minimum atomic E-state index is 0.209. The van der Waals surface area contributed by atoms with Crippen molar-refractivity contribution < 1.29 is 9.47 Å². The van der Waals surface area contributed by atoms with Crippen LogP contribution in [0.4, 0.5) is 5.82 Å². The lowest BCUT2D eigenvalue weighted by Crippen LogP contribution is -2.39. The van der Waals surface area contributed by atoms with Gasteiger partial charge in [-0.15, -0.1) is 0 Å². The lowest BCUT2D eigenvalue weighted by Gasteiger charge is -2.34. The van der Waals surface area contributed by atoms with Gasteiger partial charge in [0.25, 0.3) is 0 Å². The molecule has 128 valence electrons. The number of pyridine rings is 1. The highest BCUT2D eigenvalue weighted by molar-refractivity contribution is 5.48. The maximum atomic E-state index is 6.04. The number of hydrogen-bond acceptors (Lipinski definition) is 6. The first kappa shape index (κ1) is 16.5. The Morgan fingerprint density at radius 3 is 2.46 bits per heavy atom. The van der Waals surface area contributed by atoms with Gasteiger partial charge in [-0.2, -0.15) is 0 Å². The number of aryl methyl sites for hydroxylation is 2. The maximum Gasteiger partial charge on any atom is 0.213 e. The molecule has 2 aromatic rings. The van der Waals surface area contributed by atoms with Gasteiger partial charge in [0, 0.05) is 43.3 Å². The molecule has 0 N–H and O–H groups in total. The van der Waals surface area contributed by atoms with Crippen molar-refractivity contribution in [2.45, 2.75) is 39.7 Å². The van der Waals surface area contributed by atoms with E-state index in [2.05, 4.69) is 26.8 Å². The molecule has 0 bridgehead atoms. The van der Waals surface area contributed by atoms with Gasteiger partial charge in [0.05, 0.1) is 13.3 Å². The number of ether oxygens (including phenoxy) is 2. The summed E-state index contributed by atoms with van der Waals surface area (Å²) in [6.45, 7) is 7.95. The Labute approximate surface area is 142 Å². The molecule has 1 aliphatic rings. The van der Waals surface area contributed by atoms with Gasteiger partial charge in [0.1, 0.15) is 23.5 Å². The van der Waals surface area contributed by atoms with Gasteiger partial charge in [-0.1, -0.05) is 0 Å². The SMILES string of the molecule is COc1ccc(OC2CCN(c3nc(C)nc(C)c3C)CC2)cn1. The van der Waals surface area contributed by atoms with Crippen molar-refractivity contribution in [2.24, 2.45) is 0 Å². The lowest BCUT2D eigenvalue weighted by atomic mass is 10.1. The number of hydrogen-bond donors (Lipinski definition) is 0. The van der Waals surface area contributed by atoms with Crippen molar-refractivity contribution in [3.63, 3.8) is 0 Å². The molecule has 2 aromatic heterocycles. The summed E-state index contributed by atoms with van der Waals surface area (Å²) < 4.78 is 11.1. The van der Waals surface area contributed by atoms with Crippen molar-refractivity contribution >= 4 is 5.82 Å². The Hall–Kier alpha value is -2.37. The van der Waals surface area contributed by atoms with E-state index in [0.29, 0.717) is 5.88 Å². The van der Waals surface area contributed by atoms with Gasteiger partial charge < -0.3 is 14.4 Å². The van der Waals surface area contributed by atoms with Crippen molar-refractivity contribution in [3.8, 4) is 11.6 Å². The van der Waals surface area contributed by atoms with Crippen LogP contribution in [-0.2, 0) is 0 Å². The number of methoxy groups -OCH3 is 1. The zero-order chi connectivity index (χ0) is 17.1. The van der Waals surface area contributed by atoms with E-state index in [4.69, 9.17) is 9.47 Å². The molecule has 1 fully saturated rings. The predicted molar refractivity (Wildman–Crippen MR) is 92.9 cm³/mol. The molecular weight excluding hydrogens is 304 g/mol. The zero-order valence-electron chi connectivity index (χ0n) is 14.7. The van der Waals surface area contributed by atoms with Crippen LogP contribution in [0.15, 0.2) is 18.3 Å². The molecular formula is C18H24N4O2. The summed E-state index contributed by atoms with van der Waals surface area (Å²) in [7, 11) is 1.61. The summed E-state index contributed by atoms with van der Waals surface area (Å²) in [6, 6.07) is 3.72. The highest BCUT2D eigenvalue weighted by atomic mass is 16.5. The number of aromatic nitrogens is 3. The highest BCUT2D eigenvalue weighted by Crippen LogP contribution is 2.25. The molecule has 3 heterocycles. The number of piperidine rings is 1. The van der Waals surface area contributed by atoms with Crippen LogP contribution in [-0.4, -0.2) is 41.3 Å². The van der Waals surface area contributed by atoms with Crippen molar-refractivity contribution in [1.82, 2.24) is 15.0 Å². The third kappa shape index (κ3) is 3.58. The van der Waals surface area contributed by atoms with Gasteiger partial charge >= 0.3 is 0 Å². The monoisotopic (exact) mass is 328 g/mol. The van der Waals surface area contributed by atoms with Gasteiger partial charge in [0.15, 0.2) is 0 Å². The first-order chi connectivity index (χ1) is 11.6. The molecule has 0 aromatic carbocycles. The Bertz CT molecular complexity index is 695. The van der Waals surface area contributed by atoms with Crippen LogP contribution in [0.5, 0.6) is 11.6 Å². The molecule has 0 amide bonds. The zero-order valence-corrected chi connectivity index (χ0v) is 14.7. The molecule has 0 radical (unpaired) electrons. The Morgan fingerprint density at radius 2 is 1.83 bits per heavy atom. The second kappa shape index (κ2) is 7.03. The Balaban J connectivity index is 1.61. The average molecular weight is 328 g/mol. The molecule has 0 saturated carbocycles. The molecule has 6 heteroatoms. The third-order valence-electron chi connectivity index (χ3n) is 4.44. The van der Waals surface area contributed by atoms with Crippen LogP contribution in [0.3, 0.4) is 0 Å². The van der Waals surface area contributed by atoms with Crippen molar-refractivity contribution in [2.75, 3.05) is 25.1 Å². The van der Waals surface area contributed by atoms with E-state index < -0.39 is 0 Å². The number of rotatable bonds is 4. The summed E-state index contributed by atoms with van der Waals surface area (Å²) in [5.74, 6) is 3.28. The molecule has 24 heavy (non-hydrogen) atoms. The summed E-state index contributed by atoms with van der Waals surface area (Å²) in [5.41, 5.74) is 2.22. The van der Waals surface area contributed by atoms with Crippen molar-refractivity contribution in [3.05, 3.63) is 35.4 Å². The molecule has 0 aliphatic carbocycles. The molecule has 6 nitrogen and oxygen atoms in total. The van der Waals surface area contributed by atoms with Crippen LogP contribution in [0.1, 0.15) is 29.9 Å². The van der Waals surface area contributed by atoms with Gasteiger partial charge in [-0.3, -0.25) is 0 Å². The quantitative estimate of drug-likeness (QED) is 0.860. The summed E-state index contributed by atoms with van der Waals surface area (Å²) in [6.07, 6.45) is 3.86. The fourth-order valence-corrected chi connectivity index (χ4v) is 2.99. The number of anilines is 1. The normalized spacial score (nSPS) is 15.4. The predicted octanol–water partition coefficient (Wildman–Crippen LogP) is 2.85. The molecule has 3 rings (SSSR count). The highest BCUT2D eigenvalue weighted by Gasteiger charge is 2.23. The van der Waals surface area contributed by atoms with Gasteiger partial charge in [0.2, 0.25) is 5.88 Å². The van der Waals surface area contributed by atoms with E-state index in [9.17, 15) is 0 Å². The fraction of sp³-hybridized carbons (Fsp3) is 0.500. The molecule has 1 aliphatic heterocycles. The first-order valence-corrected chi connectivity index (χ1v) is 8.30. The second-order valence-corrected chi connectivity index (χ2v) is 6.15. The molecule has 0 atom stereocenters. The van der Waals surface area contributed by atoms with Crippen LogP contribution in [0.2, 0.25) is 0 Å². The first-order valence-electron chi connectivity index (χ1n) is 8.30. The summed E-state index contributed by atoms with van der Waals surface area (Å²) in [5, 5.41) is 0. The third-order valence-corrected chi connectivity index (χ3v) is 4.44. The van der Waals surface area contributed by atoms with E-state index in [1.807, 2.05) is 26.0 Å². The van der Waals surface area contributed by atoms with E-state index in [-0.39, 0.29) is 6.10 Å². The van der Waals surface area contributed by atoms with E-state index in [0.717, 1.165) is 49.0 Å². The number of nitrogens with zero attached hydrogens (tertiary/aromatic N) is 4. The standard InChI is InChI=1S/C18H24N4O2/c1-12-13(2)20-14(3)21-18(12)22-9-7-15(8-10-22)24-16-5-6-17(23-4)19-11-16/h5-6,11,15H,7-10H2,1-4H3. The Morgan fingerprint density at radius 1 is 1.08 bits per heavy atom. The molecule has 0 spiro atoms. The van der Waals surface area contributed by atoms with Crippen LogP contribution < -0.4 is 14.4 Å². The van der Waals surface area contributed by atoms with Crippen molar-refractivity contribution in [1.29, 1.82) is 0 Å². The van der Waals surface area contributed by atoms with E-state index >= 15 is 0 Å². The largest absolute Gasteiger partial charge is 0.489 e. The lowest BCUT2D eigenvalue weighted by molar-refractivity contribution is 0.169. The minimum absolute atomic E-state index is 0.209. The smallest absolute Gasteiger partial charge is 0.213 e. The van der Waals surface area contributed by atoms with Crippen LogP contribution in [0.25, 0.3) is 0 Å². The second-order valence-electron chi connectivity index (χ2n) is 6.15. The van der Waals surface area contributed by atoms with Crippen LogP contribution in [0, 0.1) is 20.8 Å². The maximum absolute atomic E-state index is 6.04. The summed E-state index contributed by atoms with van der Waals surface area (Å²) >= 11 is 0. The average Bonchev–Trinajstić information content (AvgIpc) is 2.59. The van der Waals surface area contributed by atoms with Gasteiger partial charge in [-0.05, 0) is 26.8 Å². The van der Waals surface area contributed by atoms with E-state index in [1.54, 1.807) is 13.3 Å². The van der Waals surface area contributed by atoms with Crippen LogP contribution >= 0.6 is 0 Å².